The van der Waals surface area contributed by atoms with Crippen LogP contribution in [0.5, 0.6) is 11.5 Å². The number of carboxylic acids is 1. The highest BCUT2D eigenvalue weighted by molar-refractivity contribution is 7.92. The van der Waals surface area contributed by atoms with E-state index in [4.69, 9.17) is 14.6 Å². The Kier molecular flexibility index (Phi) is 4.54. The molecule has 0 radical (unpaired) electrons. The number of sulfonamides is 1. The summed E-state index contributed by atoms with van der Waals surface area (Å²) >= 11 is 0. The van der Waals surface area contributed by atoms with Crippen molar-refractivity contribution < 1.29 is 27.8 Å². The van der Waals surface area contributed by atoms with Crippen molar-refractivity contribution in [2.24, 2.45) is 0 Å². The van der Waals surface area contributed by atoms with Crippen LogP contribution in [0.4, 0.5) is 5.69 Å². The third-order valence-corrected chi connectivity index (χ3v) is 5.13. The van der Waals surface area contributed by atoms with E-state index in [2.05, 4.69) is 4.72 Å². The summed E-state index contributed by atoms with van der Waals surface area (Å²) in [6.45, 7) is 2.64. The molecular formula is C17H17NO6S. The number of aryl methyl sites for hydroxylation is 1. The Labute approximate surface area is 145 Å². The van der Waals surface area contributed by atoms with Crippen molar-refractivity contribution in [1.82, 2.24) is 0 Å². The van der Waals surface area contributed by atoms with Gasteiger partial charge in [0, 0.05) is 12.5 Å². The second-order valence-corrected chi connectivity index (χ2v) is 7.28. The monoisotopic (exact) mass is 363 g/mol. The highest BCUT2D eigenvalue weighted by Gasteiger charge is 2.19. The average Bonchev–Trinajstić information content (AvgIpc) is 2.79. The van der Waals surface area contributed by atoms with Gasteiger partial charge in [-0.25, -0.2) is 13.2 Å². The lowest BCUT2D eigenvalue weighted by Gasteiger charge is -2.12. The molecule has 2 aromatic rings. The van der Waals surface area contributed by atoms with Crippen LogP contribution in [0.2, 0.25) is 0 Å². The predicted molar refractivity (Wildman–Crippen MR) is 91.0 cm³/mol. The fraction of sp³-hybridized carbons (Fsp3) is 0.235. The number of fused-ring (bicyclic) bond motifs is 1. The fourth-order valence-corrected chi connectivity index (χ4v) is 3.51. The first-order chi connectivity index (χ1) is 11.9. The SMILES string of the molecule is Cc1ccc(S(=O)(=O)Nc2ccc3c(c2)OCCCO3)cc1C(=O)O. The Morgan fingerprint density at radius 1 is 1.08 bits per heavy atom. The number of anilines is 1. The average molecular weight is 363 g/mol. The van der Waals surface area contributed by atoms with E-state index in [0.29, 0.717) is 36.0 Å². The molecule has 0 aliphatic carbocycles. The van der Waals surface area contributed by atoms with E-state index in [-0.39, 0.29) is 10.5 Å². The second-order valence-electron chi connectivity index (χ2n) is 5.60. The van der Waals surface area contributed by atoms with Crippen LogP contribution in [-0.4, -0.2) is 32.7 Å². The highest BCUT2D eigenvalue weighted by atomic mass is 32.2. The summed E-state index contributed by atoms with van der Waals surface area (Å²) in [4.78, 5) is 11.1. The van der Waals surface area contributed by atoms with E-state index in [1.165, 1.54) is 12.1 Å². The standard InChI is InChI=1S/C17H17NO6S/c1-11-3-5-13(10-14(11)17(19)20)25(21,22)18-12-4-6-15-16(9-12)24-8-2-7-23-15/h3-6,9-10,18H,2,7-8H2,1H3,(H,19,20). The van der Waals surface area contributed by atoms with Crippen LogP contribution in [0.1, 0.15) is 22.3 Å². The lowest BCUT2D eigenvalue weighted by Crippen LogP contribution is -2.14. The Morgan fingerprint density at radius 2 is 1.80 bits per heavy atom. The smallest absolute Gasteiger partial charge is 0.335 e. The Morgan fingerprint density at radius 3 is 2.52 bits per heavy atom. The summed E-state index contributed by atoms with van der Waals surface area (Å²) in [6, 6.07) is 8.72. The fourth-order valence-electron chi connectivity index (χ4n) is 2.44. The van der Waals surface area contributed by atoms with Gasteiger partial charge in [-0.2, -0.15) is 0 Å². The van der Waals surface area contributed by atoms with Crippen molar-refractivity contribution >= 4 is 21.7 Å². The molecule has 3 rings (SSSR count). The van der Waals surface area contributed by atoms with Crippen molar-refractivity contribution in [3.63, 3.8) is 0 Å². The quantitative estimate of drug-likeness (QED) is 0.866. The van der Waals surface area contributed by atoms with Gasteiger partial charge in [0.1, 0.15) is 0 Å². The molecule has 7 nitrogen and oxygen atoms in total. The van der Waals surface area contributed by atoms with E-state index in [1.807, 2.05) is 0 Å². The van der Waals surface area contributed by atoms with Crippen LogP contribution in [0, 0.1) is 6.92 Å². The zero-order chi connectivity index (χ0) is 18.0. The van der Waals surface area contributed by atoms with Crippen LogP contribution >= 0.6 is 0 Å². The number of rotatable bonds is 4. The van der Waals surface area contributed by atoms with Crippen molar-refractivity contribution in [1.29, 1.82) is 0 Å². The molecule has 0 fully saturated rings. The van der Waals surface area contributed by atoms with Crippen molar-refractivity contribution in [2.75, 3.05) is 17.9 Å². The number of carboxylic acid groups (broad SMARTS) is 1. The van der Waals surface area contributed by atoms with Gasteiger partial charge in [-0.3, -0.25) is 4.72 Å². The zero-order valence-electron chi connectivity index (χ0n) is 13.5. The predicted octanol–water partition coefficient (Wildman–Crippen LogP) is 2.66. The summed E-state index contributed by atoms with van der Waals surface area (Å²) in [5, 5.41) is 9.16. The van der Waals surface area contributed by atoms with Crippen LogP contribution < -0.4 is 14.2 Å². The van der Waals surface area contributed by atoms with Crippen molar-refractivity contribution in [3.8, 4) is 11.5 Å². The number of aromatic carboxylic acids is 1. The van der Waals surface area contributed by atoms with E-state index in [0.717, 1.165) is 12.5 Å². The molecule has 1 aliphatic rings. The Hall–Kier alpha value is -2.74. The van der Waals surface area contributed by atoms with Gasteiger partial charge >= 0.3 is 5.97 Å². The summed E-state index contributed by atoms with van der Waals surface area (Å²) < 4.78 is 38.6. The Balaban J connectivity index is 1.90. The summed E-state index contributed by atoms with van der Waals surface area (Å²) in [5.74, 6) is -0.151. The molecular weight excluding hydrogens is 346 g/mol. The molecule has 0 atom stereocenters. The number of hydrogen-bond acceptors (Lipinski definition) is 5. The van der Waals surface area contributed by atoms with Crippen LogP contribution in [-0.2, 0) is 10.0 Å². The van der Waals surface area contributed by atoms with Gasteiger partial charge in [0.15, 0.2) is 11.5 Å². The van der Waals surface area contributed by atoms with E-state index in [9.17, 15) is 13.2 Å². The molecule has 0 spiro atoms. The minimum atomic E-state index is -3.93. The molecule has 2 aromatic carbocycles. The van der Waals surface area contributed by atoms with Gasteiger partial charge in [0.25, 0.3) is 10.0 Å². The minimum Gasteiger partial charge on any atom is -0.490 e. The Bertz CT molecular complexity index is 923. The third kappa shape index (κ3) is 3.69. The highest BCUT2D eigenvalue weighted by Crippen LogP contribution is 2.33. The van der Waals surface area contributed by atoms with Crippen LogP contribution in [0.25, 0.3) is 0 Å². The van der Waals surface area contributed by atoms with Crippen molar-refractivity contribution in [3.05, 3.63) is 47.5 Å². The number of benzene rings is 2. The van der Waals surface area contributed by atoms with Gasteiger partial charge in [0.2, 0.25) is 0 Å². The molecule has 25 heavy (non-hydrogen) atoms. The number of carbonyl (C=O) groups is 1. The largest absolute Gasteiger partial charge is 0.490 e. The molecule has 0 unspecified atom stereocenters. The first kappa shape index (κ1) is 17.1. The molecule has 0 saturated heterocycles. The summed E-state index contributed by atoms with van der Waals surface area (Å²) in [5.41, 5.74) is 0.741. The van der Waals surface area contributed by atoms with Gasteiger partial charge in [-0.15, -0.1) is 0 Å². The second kappa shape index (κ2) is 6.64. The normalized spacial score (nSPS) is 13.8. The molecule has 2 N–H and O–H groups in total. The van der Waals surface area contributed by atoms with E-state index in [1.54, 1.807) is 25.1 Å². The maximum absolute atomic E-state index is 12.5. The van der Waals surface area contributed by atoms with Gasteiger partial charge in [0.05, 0.1) is 29.4 Å². The summed E-state index contributed by atoms with van der Waals surface area (Å²) in [6.07, 6.45) is 0.747. The minimum absolute atomic E-state index is 0.0541. The maximum atomic E-state index is 12.5. The zero-order valence-corrected chi connectivity index (χ0v) is 14.3. The van der Waals surface area contributed by atoms with Crippen molar-refractivity contribution in [2.45, 2.75) is 18.2 Å². The van der Waals surface area contributed by atoms with Crippen LogP contribution in [0.15, 0.2) is 41.3 Å². The lowest BCUT2D eigenvalue weighted by molar-refractivity contribution is 0.0696. The third-order valence-electron chi connectivity index (χ3n) is 3.75. The van der Waals surface area contributed by atoms with Gasteiger partial charge in [-0.1, -0.05) is 6.07 Å². The van der Waals surface area contributed by atoms with Gasteiger partial charge < -0.3 is 14.6 Å². The topological polar surface area (TPSA) is 102 Å². The molecule has 0 bridgehead atoms. The molecule has 0 saturated carbocycles. The molecule has 132 valence electrons. The number of nitrogens with one attached hydrogen (secondary N) is 1. The molecule has 8 heteroatoms. The van der Waals surface area contributed by atoms with E-state index >= 15 is 0 Å². The van der Waals surface area contributed by atoms with E-state index < -0.39 is 16.0 Å². The first-order valence-electron chi connectivity index (χ1n) is 7.63. The molecule has 0 aromatic heterocycles. The molecule has 0 amide bonds. The molecule has 1 heterocycles. The first-order valence-corrected chi connectivity index (χ1v) is 9.11. The lowest BCUT2D eigenvalue weighted by atomic mass is 10.1. The number of hydrogen-bond donors (Lipinski definition) is 2. The molecule has 1 aliphatic heterocycles. The maximum Gasteiger partial charge on any atom is 0.335 e. The number of ether oxygens (including phenoxy) is 2. The van der Waals surface area contributed by atoms with Crippen LogP contribution in [0.3, 0.4) is 0 Å². The summed E-state index contributed by atoms with van der Waals surface area (Å²) in [7, 11) is -3.93. The van der Waals surface area contributed by atoms with Gasteiger partial charge in [-0.05, 0) is 36.8 Å².